The molecule has 3 heteroatoms. The number of rotatable bonds is 3. The fourth-order valence-electron chi connectivity index (χ4n) is 5.70. The van der Waals surface area contributed by atoms with Crippen LogP contribution in [-0.4, -0.2) is 12.2 Å². The number of hydrogen-bond donors (Lipinski definition) is 1. The number of carbonyl (C=O) groups excluding carboxylic acids is 1. The third-order valence-corrected chi connectivity index (χ3v) is 6.31. The molecule has 0 aromatic heterocycles. The minimum atomic E-state index is -0.149. The maximum Gasteiger partial charge on any atom is 0.216 e. The van der Waals surface area contributed by atoms with E-state index in [0.29, 0.717) is 5.56 Å². The summed E-state index contributed by atoms with van der Waals surface area (Å²) in [5, 5.41) is -0.149. The normalized spacial score (nSPS) is 36.8. The Hall–Kier alpha value is -0.960. The van der Waals surface area contributed by atoms with Gasteiger partial charge in [0.05, 0.1) is 7.11 Å². The molecule has 2 nitrogen and oxygen atoms in total. The summed E-state index contributed by atoms with van der Waals surface area (Å²) in [6.07, 6.45) is 8.10. The van der Waals surface area contributed by atoms with Gasteiger partial charge in [-0.3, -0.25) is 4.79 Å². The van der Waals surface area contributed by atoms with Gasteiger partial charge in [-0.05, 0) is 79.9 Å². The second-order valence-electron chi connectivity index (χ2n) is 7.42. The Bertz CT molecular complexity index is 558. The molecule has 0 saturated heterocycles. The molecule has 4 saturated carbocycles. The lowest BCUT2D eigenvalue weighted by Gasteiger charge is -2.57. The molecule has 21 heavy (non-hydrogen) atoms. The summed E-state index contributed by atoms with van der Waals surface area (Å²) < 4.78 is 5.63. The maximum atomic E-state index is 11.6. The summed E-state index contributed by atoms with van der Waals surface area (Å²) in [5.74, 6) is 3.61. The van der Waals surface area contributed by atoms with Crippen LogP contribution in [0.2, 0.25) is 0 Å². The molecule has 0 radical (unpaired) electrons. The number of ether oxygens (including phenoxy) is 1. The van der Waals surface area contributed by atoms with Crippen molar-refractivity contribution in [1.82, 2.24) is 0 Å². The largest absolute Gasteiger partial charge is 0.496 e. The van der Waals surface area contributed by atoms with Crippen molar-refractivity contribution < 1.29 is 9.53 Å². The molecule has 4 fully saturated rings. The third-order valence-electron chi connectivity index (χ3n) is 6.06. The van der Waals surface area contributed by atoms with Crippen LogP contribution in [0.3, 0.4) is 0 Å². The van der Waals surface area contributed by atoms with E-state index in [0.717, 1.165) is 23.5 Å². The lowest BCUT2D eigenvalue weighted by molar-refractivity contribution is -0.00616. The molecule has 4 bridgehead atoms. The average molecular weight is 302 g/mol. The van der Waals surface area contributed by atoms with Crippen LogP contribution in [-0.2, 0) is 5.41 Å². The van der Waals surface area contributed by atoms with E-state index in [2.05, 4.69) is 18.7 Å². The summed E-state index contributed by atoms with van der Waals surface area (Å²) in [6, 6.07) is 5.84. The second kappa shape index (κ2) is 4.77. The predicted molar refractivity (Wildman–Crippen MR) is 86.2 cm³/mol. The summed E-state index contributed by atoms with van der Waals surface area (Å²) in [7, 11) is 1.74. The summed E-state index contributed by atoms with van der Waals surface area (Å²) >= 11 is 4.00. The number of thiol groups is 1. The van der Waals surface area contributed by atoms with E-state index < -0.39 is 0 Å². The molecule has 4 aliphatic carbocycles. The molecule has 0 atom stereocenters. The Morgan fingerprint density at radius 1 is 1.14 bits per heavy atom. The van der Waals surface area contributed by atoms with Crippen molar-refractivity contribution in [2.45, 2.75) is 43.9 Å². The zero-order valence-corrected chi connectivity index (χ0v) is 13.4. The van der Waals surface area contributed by atoms with Gasteiger partial charge in [0.2, 0.25) is 5.12 Å². The van der Waals surface area contributed by atoms with Crippen LogP contribution in [0.4, 0.5) is 0 Å². The highest BCUT2D eigenvalue weighted by Gasteiger charge is 2.52. The van der Waals surface area contributed by atoms with Gasteiger partial charge >= 0.3 is 0 Å². The Morgan fingerprint density at radius 3 is 2.19 bits per heavy atom. The highest BCUT2D eigenvalue weighted by atomic mass is 32.1. The minimum absolute atomic E-state index is 0.149. The molecular weight excluding hydrogens is 280 g/mol. The first-order valence-corrected chi connectivity index (χ1v) is 8.46. The fraction of sp³-hybridized carbons (Fsp3) is 0.611. The second-order valence-corrected chi connectivity index (χ2v) is 7.82. The molecule has 4 aliphatic rings. The first kappa shape index (κ1) is 13.7. The van der Waals surface area contributed by atoms with Gasteiger partial charge in [0.15, 0.2) is 0 Å². The summed E-state index contributed by atoms with van der Waals surface area (Å²) in [4.78, 5) is 11.6. The van der Waals surface area contributed by atoms with Crippen LogP contribution in [0, 0.1) is 17.8 Å². The number of carbonyl (C=O) groups is 1. The standard InChI is InChI=1S/C18H22O2S/c1-20-16-3-2-14(17(19)21)7-15(16)18-8-11-4-12(9-18)6-13(5-11)10-18/h2-3,7,11-13H,4-6,8-10H2,1H3,(H,19,21). The van der Waals surface area contributed by atoms with Crippen LogP contribution in [0.1, 0.15) is 54.4 Å². The van der Waals surface area contributed by atoms with Crippen LogP contribution in [0.15, 0.2) is 18.2 Å². The number of benzene rings is 1. The van der Waals surface area contributed by atoms with Gasteiger partial charge in [0, 0.05) is 11.1 Å². The molecule has 1 aromatic rings. The summed E-state index contributed by atoms with van der Waals surface area (Å²) in [6.45, 7) is 0. The van der Waals surface area contributed by atoms with Gasteiger partial charge in [-0.2, -0.15) is 0 Å². The van der Waals surface area contributed by atoms with Crippen molar-refractivity contribution in [3.63, 3.8) is 0 Å². The first-order chi connectivity index (χ1) is 10.1. The van der Waals surface area contributed by atoms with E-state index in [9.17, 15) is 4.79 Å². The van der Waals surface area contributed by atoms with E-state index >= 15 is 0 Å². The van der Waals surface area contributed by atoms with Gasteiger partial charge in [-0.15, -0.1) is 12.6 Å². The number of hydrogen-bond acceptors (Lipinski definition) is 2. The van der Waals surface area contributed by atoms with E-state index in [1.54, 1.807) is 7.11 Å². The molecule has 0 amide bonds. The molecule has 0 aliphatic heterocycles. The Balaban J connectivity index is 1.81. The van der Waals surface area contributed by atoms with Gasteiger partial charge in [0.25, 0.3) is 0 Å². The predicted octanol–water partition coefficient (Wildman–Crippen LogP) is 4.23. The smallest absolute Gasteiger partial charge is 0.216 e. The molecule has 1 aromatic carbocycles. The van der Waals surface area contributed by atoms with Crippen LogP contribution >= 0.6 is 12.6 Å². The van der Waals surface area contributed by atoms with Crippen molar-refractivity contribution in [2.75, 3.05) is 7.11 Å². The minimum Gasteiger partial charge on any atom is -0.496 e. The van der Waals surface area contributed by atoms with Gasteiger partial charge in [0.1, 0.15) is 5.75 Å². The Morgan fingerprint density at radius 2 is 1.71 bits per heavy atom. The molecule has 0 heterocycles. The van der Waals surface area contributed by atoms with Crippen LogP contribution in [0.5, 0.6) is 5.75 Å². The monoisotopic (exact) mass is 302 g/mol. The first-order valence-electron chi connectivity index (χ1n) is 8.01. The lowest BCUT2D eigenvalue weighted by atomic mass is 9.48. The van der Waals surface area contributed by atoms with Crippen molar-refractivity contribution in [2.24, 2.45) is 17.8 Å². The molecule has 0 spiro atoms. The van der Waals surface area contributed by atoms with E-state index in [1.807, 2.05) is 12.1 Å². The molecular formula is C18H22O2S. The zero-order chi connectivity index (χ0) is 14.6. The Kier molecular flexibility index (Phi) is 3.11. The molecule has 0 N–H and O–H groups in total. The Labute approximate surface area is 131 Å². The van der Waals surface area contributed by atoms with Gasteiger partial charge in [-0.1, -0.05) is 0 Å². The highest BCUT2D eigenvalue weighted by molar-refractivity contribution is 7.97. The zero-order valence-electron chi connectivity index (χ0n) is 12.5. The van der Waals surface area contributed by atoms with E-state index in [1.165, 1.54) is 44.1 Å². The highest BCUT2D eigenvalue weighted by Crippen LogP contribution is 2.61. The van der Waals surface area contributed by atoms with Gasteiger partial charge < -0.3 is 4.74 Å². The fourth-order valence-corrected chi connectivity index (χ4v) is 5.84. The lowest BCUT2D eigenvalue weighted by Crippen LogP contribution is -2.48. The maximum absolute atomic E-state index is 11.6. The average Bonchev–Trinajstić information content (AvgIpc) is 2.45. The topological polar surface area (TPSA) is 26.3 Å². The molecule has 112 valence electrons. The van der Waals surface area contributed by atoms with Gasteiger partial charge in [-0.25, -0.2) is 0 Å². The summed E-state index contributed by atoms with van der Waals surface area (Å²) in [5.41, 5.74) is 2.22. The SMILES string of the molecule is COc1ccc(C(=O)S)cc1C12CC3CC(CC(C3)C1)C2. The number of methoxy groups -OCH3 is 1. The van der Waals surface area contributed by atoms with E-state index in [-0.39, 0.29) is 10.5 Å². The van der Waals surface area contributed by atoms with Crippen molar-refractivity contribution >= 4 is 17.7 Å². The third kappa shape index (κ3) is 2.12. The van der Waals surface area contributed by atoms with Crippen molar-refractivity contribution in [1.29, 1.82) is 0 Å². The molecule has 0 unspecified atom stereocenters. The van der Waals surface area contributed by atoms with Crippen molar-refractivity contribution in [3.8, 4) is 5.75 Å². The molecule has 5 rings (SSSR count). The van der Waals surface area contributed by atoms with Crippen LogP contribution < -0.4 is 4.74 Å². The van der Waals surface area contributed by atoms with Crippen LogP contribution in [0.25, 0.3) is 0 Å². The van der Waals surface area contributed by atoms with E-state index in [4.69, 9.17) is 4.74 Å². The quantitative estimate of drug-likeness (QED) is 0.846. The van der Waals surface area contributed by atoms with Crippen molar-refractivity contribution in [3.05, 3.63) is 29.3 Å².